The summed E-state index contributed by atoms with van der Waals surface area (Å²) in [6, 6.07) is 1.15. The Morgan fingerprint density at radius 2 is 2.25 bits per heavy atom. The summed E-state index contributed by atoms with van der Waals surface area (Å²) in [4.78, 5) is 7.05. The van der Waals surface area contributed by atoms with E-state index < -0.39 is 0 Å². The molecule has 20 heavy (non-hydrogen) atoms. The summed E-state index contributed by atoms with van der Waals surface area (Å²) >= 11 is 0. The monoisotopic (exact) mass is 279 g/mol. The molecule has 1 aromatic rings. The summed E-state index contributed by atoms with van der Waals surface area (Å²) in [5.41, 5.74) is 0. The third-order valence-electron chi connectivity index (χ3n) is 4.43. The minimum Gasteiger partial charge on any atom is -0.311 e. The van der Waals surface area contributed by atoms with Gasteiger partial charge < -0.3 is 5.32 Å². The van der Waals surface area contributed by atoms with Gasteiger partial charge in [0.1, 0.15) is 12.2 Å². The van der Waals surface area contributed by atoms with E-state index in [-0.39, 0.29) is 0 Å². The molecular weight excluding hydrogens is 250 g/mol. The molecule has 1 aliphatic heterocycles. The predicted molar refractivity (Wildman–Crippen MR) is 81.4 cm³/mol. The molecule has 1 aromatic heterocycles. The molecule has 5 nitrogen and oxygen atoms in total. The lowest BCUT2D eigenvalue weighted by molar-refractivity contribution is 0.0844. The van der Waals surface area contributed by atoms with E-state index in [1.807, 2.05) is 0 Å². The average Bonchev–Trinajstić information content (AvgIpc) is 2.86. The van der Waals surface area contributed by atoms with Gasteiger partial charge in [0.2, 0.25) is 0 Å². The van der Waals surface area contributed by atoms with Gasteiger partial charge in [-0.05, 0) is 19.3 Å². The van der Waals surface area contributed by atoms with Crippen molar-refractivity contribution in [2.24, 2.45) is 5.92 Å². The second kappa shape index (κ2) is 7.18. The van der Waals surface area contributed by atoms with Crippen LogP contribution in [0, 0.1) is 5.92 Å². The normalized spacial score (nSPS) is 25.8. The lowest BCUT2D eigenvalue weighted by atomic mass is 9.94. The Labute approximate surface area is 122 Å². The van der Waals surface area contributed by atoms with Gasteiger partial charge in [0.25, 0.3) is 0 Å². The predicted octanol–water partition coefficient (Wildman–Crippen LogP) is 1.90. The zero-order valence-corrected chi connectivity index (χ0v) is 13.3. The Balaban J connectivity index is 2.08. The van der Waals surface area contributed by atoms with Crippen molar-refractivity contribution in [3.05, 3.63) is 12.2 Å². The van der Waals surface area contributed by atoms with Crippen LogP contribution in [0.4, 0.5) is 0 Å². The highest BCUT2D eigenvalue weighted by Crippen LogP contribution is 2.20. The van der Waals surface area contributed by atoms with Crippen molar-refractivity contribution in [2.45, 2.75) is 65.7 Å². The molecule has 0 radical (unpaired) electrons. The van der Waals surface area contributed by atoms with Crippen molar-refractivity contribution < 1.29 is 0 Å². The number of rotatable bonds is 6. The molecule has 114 valence electrons. The van der Waals surface area contributed by atoms with Crippen LogP contribution in [0.1, 0.15) is 46.4 Å². The number of hydrogen-bond acceptors (Lipinski definition) is 4. The lowest BCUT2D eigenvalue weighted by Crippen LogP contribution is -2.57. The highest BCUT2D eigenvalue weighted by atomic mass is 15.4. The Bertz CT molecular complexity index is 403. The summed E-state index contributed by atoms with van der Waals surface area (Å²) in [7, 11) is 0. The maximum Gasteiger partial charge on any atom is 0.141 e. The topological polar surface area (TPSA) is 46.0 Å². The molecule has 1 fully saturated rings. The van der Waals surface area contributed by atoms with E-state index in [0.717, 1.165) is 38.4 Å². The third kappa shape index (κ3) is 3.58. The standard InChI is InChI=1S/C15H29N5/c1-5-7-20-15(17-11-18-20)10-19-9-13(4)16-8-14(19)12(3)6-2/h11-14,16H,5-10H2,1-4H3. The van der Waals surface area contributed by atoms with Crippen molar-refractivity contribution in [3.8, 4) is 0 Å². The van der Waals surface area contributed by atoms with Gasteiger partial charge in [-0.1, -0.05) is 27.2 Å². The van der Waals surface area contributed by atoms with E-state index >= 15 is 0 Å². The number of aryl methyl sites for hydroxylation is 1. The van der Waals surface area contributed by atoms with Gasteiger partial charge in [0.15, 0.2) is 0 Å². The summed E-state index contributed by atoms with van der Waals surface area (Å²) in [6.07, 6.45) is 4.01. The number of nitrogens with zero attached hydrogens (tertiary/aromatic N) is 4. The zero-order chi connectivity index (χ0) is 14.5. The first-order valence-electron chi connectivity index (χ1n) is 7.99. The summed E-state index contributed by atoms with van der Waals surface area (Å²) < 4.78 is 2.06. The molecule has 5 heteroatoms. The smallest absolute Gasteiger partial charge is 0.141 e. The molecule has 0 amide bonds. The van der Waals surface area contributed by atoms with Crippen LogP contribution in [-0.2, 0) is 13.1 Å². The summed E-state index contributed by atoms with van der Waals surface area (Å²) in [6.45, 7) is 13.1. The molecule has 1 saturated heterocycles. The quantitative estimate of drug-likeness (QED) is 0.864. The van der Waals surface area contributed by atoms with E-state index in [1.54, 1.807) is 6.33 Å². The van der Waals surface area contributed by atoms with Gasteiger partial charge in [-0.25, -0.2) is 9.67 Å². The molecule has 1 aliphatic rings. The Morgan fingerprint density at radius 3 is 2.95 bits per heavy atom. The Morgan fingerprint density at radius 1 is 1.45 bits per heavy atom. The zero-order valence-electron chi connectivity index (χ0n) is 13.3. The molecule has 0 aromatic carbocycles. The van der Waals surface area contributed by atoms with E-state index in [4.69, 9.17) is 0 Å². The van der Waals surface area contributed by atoms with Crippen LogP contribution in [0.15, 0.2) is 6.33 Å². The molecule has 2 rings (SSSR count). The van der Waals surface area contributed by atoms with Crippen LogP contribution >= 0.6 is 0 Å². The second-order valence-corrected chi connectivity index (χ2v) is 6.09. The van der Waals surface area contributed by atoms with Crippen LogP contribution in [0.2, 0.25) is 0 Å². The number of nitrogens with one attached hydrogen (secondary N) is 1. The lowest BCUT2D eigenvalue weighted by Gasteiger charge is -2.42. The fourth-order valence-corrected chi connectivity index (χ4v) is 3.01. The van der Waals surface area contributed by atoms with E-state index in [1.165, 1.54) is 6.42 Å². The van der Waals surface area contributed by atoms with Gasteiger partial charge in [-0.2, -0.15) is 5.10 Å². The van der Waals surface area contributed by atoms with Gasteiger partial charge in [-0.3, -0.25) is 4.90 Å². The van der Waals surface area contributed by atoms with Crippen molar-refractivity contribution >= 4 is 0 Å². The first kappa shape index (κ1) is 15.4. The van der Waals surface area contributed by atoms with Crippen molar-refractivity contribution in [2.75, 3.05) is 13.1 Å². The second-order valence-electron chi connectivity index (χ2n) is 6.09. The molecule has 0 saturated carbocycles. The number of piperazine rings is 1. The SMILES string of the molecule is CCCn1ncnc1CN1CC(C)NCC1C(C)CC. The third-order valence-corrected chi connectivity index (χ3v) is 4.43. The van der Waals surface area contributed by atoms with Crippen LogP contribution in [0.25, 0.3) is 0 Å². The van der Waals surface area contributed by atoms with Crippen LogP contribution in [0.3, 0.4) is 0 Å². The van der Waals surface area contributed by atoms with Gasteiger partial charge in [-0.15, -0.1) is 0 Å². The average molecular weight is 279 g/mol. The van der Waals surface area contributed by atoms with E-state index in [2.05, 4.69) is 52.7 Å². The summed E-state index contributed by atoms with van der Waals surface area (Å²) in [5.74, 6) is 1.81. The Kier molecular flexibility index (Phi) is 5.54. The highest BCUT2D eigenvalue weighted by Gasteiger charge is 2.30. The van der Waals surface area contributed by atoms with Gasteiger partial charge in [0, 0.05) is 31.7 Å². The fourth-order valence-electron chi connectivity index (χ4n) is 3.01. The first-order chi connectivity index (χ1) is 9.65. The van der Waals surface area contributed by atoms with Crippen LogP contribution < -0.4 is 5.32 Å². The molecule has 2 heterocycles. The molecule has 0 bridgehead atoms. The molecule has 0 aliphatic carbocycles. The molecule has 3 atom stereocenters. The molecular formula is C15H29N5. The van der Waals surface area contributed by atoms with Crippen molar-refractivity contribution in [1.29, 1.82) is 0 Å². The fraction of sp³-hybridized carbons (Fsp3) is 0.867. The molecule has 0 spiro atoms. The minimum absolute atomic E-state index is 0.554. The van der Waals surface area contributed by atoms with Crippen molar-refractivity contribution in [1.82, 2.24) is 25.0 Å². The minimum atomic E-state index is 0.554. The van der Waals surface area contributed by atoms with Crippen molar-refractivity contribution in [3.63, 3.8) is 0 Å². The molecule has 3 unspecified atom stereocenters. The highest BCUT2D eigenvalue weighted by molar-refractivity contribution is 4.92. The van der Waals surface area contributed by atoms with Crippen LogP contribution in [-0.4, -0.2) is 44.8 Å². The van der Waals surface area contributed by atoms with Crippen LogP contribution in [0.5, 0.6) is 0 Å². The first-order valence-corrected chi connectivity index (χ1v) is 7.99. The van der Waals surface area contributed by atoms with E-state index in [0.29, 0.717) is 18.0 Å². The maximum absolute atomic E-state index is 4.46. The largest absolute Gasteiger partial charge is 0.311 e. The number of hydrogen-bond donors (Lipinski definition) is 1. The van der Waals surface area contributed by atoms with E-state index in [9.17, 15) is 0 Å². The number of aromatic nitrogens is 3. The van der Waals surface area contributed by atoms with Gasteiger partial charge in [0.05, 0.1) is 6.54 Å². The maximum atomic E-state index is 4.46. The Hall–Kier alpha value is -0.940. The molecule has 1 N–H and O–H groups in total. The van der Waals surface area contributed by atoms with Gasteiger partial charge >= 0.3 is 0 Å². The summed E-state index contributed by atoms with van der Waals surface area (Å²) in [5, 5.41) is 7.96.